The normalized spacial score (nSPS) is 39.0. The summed E-state index contributed by atoms with van der Waals surface area (Å²) in [5.41, 5.74) is 0. The Kier molecular flexibility index (Phi) is 4.34. The minimum Gasteiger partial charge on any atom is -0.462 e. The molecule has 0 radical (unpaired) electrons. The van der Waals surface area contributed by atoms with E-state index in [0.717, 1.165) is 30.6 Å². The van der Waals surface area contributed by atoms with Gasteiger partial charge in [0.15, 0.2) is 0 Å². The zero-order valence-corrected chi connectivity index (χ0v) is 14.2. The third kappa shape index (κ3) is 2.87. The van der Waals surface area contributed by atoms with Gasteiger partial charge in [0.1, 0.15) is 6.10 Å². The molecular formula is C19H32O2. The summed E-state index contributed by atoms with van der Waals surface area (Å²) in [6, 6.07) is 0. The maximum absolute atomic E-state index is 12.6. The van der Waals surface area contributed by atoms with Gasteiger partial charge in [-0.15, -0.1) is 0 Å². The van der Waals surface area contributed by atoms with Gasteiger partial charge in [-0.3, -0.25) is 4.79 Å². The Bertz CT molecular complexity index is 387. The van der Waals surface area contributed by atoms with E-state index in [9.17, 15) is 4.79 Å². The number of fused-ring (bicyclic) bond motifs is 5. The van der Waals surface area contributed by atoms with Crippen LogP contribution in [-0.4, -0.2) is 12.1 Å². The summed E-state index contributed by atoms with van der Waals surface area (Å²) in [6.07, 6.45) is 7.94. The molecule has 3 aliphatic carbocycles. The summed E-state index contributed by atoms with van der Waals surface area (Å²) in [5.74, 6) is 4.53. The maximum atomic E-state index is 12.6. The Morgan fingerprint density at radius 2 is 1.76 bits per heavy atom. The predicted octanol–water partition coefficient (Wildman–Crippen LogP) is 4.67. The molecule has 0 heterocycles. The molecule has 0 aliphatic heterocycles. The van der Waals surface area contributed by atoms with Crippen LogP contribution in [0, 0.1) is 41.4 Å². The van der Waals surface area contributed by atoms with Gasteiger partial charge >= 0.3 is 5.97 Å². The molecule has 6 unspecified atom stereocenters. The highest BCUT2D eigenvalue weighted by molar-refractivity contribution is 5.73. The summed E-state index contributed by atoms with van der Waals surface area (Å²) in [7, 11) is 0. The van der Waals surface area contributed by atoms with Crippen LogP contribution in [0.2, 0.25) is 0 Å². The molecule has 2 nitrogen and oxygen atoms in total. The maximum Gasteiger partial charge on any atom is 0.309 e. The molecule has 3 fully saturated rings. The minimum absolute atomic E-state index is 0.0866. The van der Waals surface area contributed by atoms with Gasteiger partial charge < -0.3 is 4.74 Å². The topological polar surface area (TPSA) is 26.3 Å². The first-order chi connectivity index (χ1) is 9.97. The number of hydrogen-bond donors (Lipinski definition) is 0. The van der Waals surface area contributed by atoms with Crippen LogP contribution in [0.1, 0.15) is 66.2 Å². The lowest BCUT2D eigenvalue weighted by molar-refractivity contribution is -0.160. The van der Waals surface area contributed by atoms with E-state index in [1.807, 2.05) is 0 Å². The van der Waals surface area contributed by atoms with E-state index in [-0.39, 0.29) is 18.0 Å². The quantitative estimate of drug-likeness (QED) is 0.688. The summed E-state index contributed by atoms with van der Waals surface area (Å²) >= 11 is 0. The van der Waals surface area contributed by atoms with Crippen LogP contribution >= 0.6 is 0 Å². The molecule has 2 bridgehead atoms. The Morgan fingerprint density at radius 3 is 2.43 bits per heavy atom. The molecule has 0 saturated heterocycles. The number of carbonyl (C=O) groups is 1. The van der Waals surface area contributed by atoms with Crippen LogP contribution in [0.5, 0.6) is 0 Å². The van der Waals surface area contributed by atoms with Gasteiger partial charge in [0.2, 0.25) is 0 Å². The van der Waals surface area contributed by atoms with E-state index >= 15 is 0 Å². The molecule has 0 aromatic carbocycles. The molecule has 0 aromatic rings. The second-order valence-electron chi connectivity index (χ2n) is 8.61. The molecular weight excluding hydrogens is 260 g/mol. The Morgan fingerprint density at radius 1 is 1.05 bits per heavy atom. The van der Waals surface area contributed by atoms with E-state index < -0.39 is 0 Å². The molecule has 0 spiro atoms. The molecule has 0 amide bonds. The zero-order chi connectivity index (χ0) is 15.1. The first kappa shape index (κ1) is 15.4. The highest BCUT2D eigenvalue weighted by Crippen LogP contribution is 2.59. The van der Waals surface area contributed by atoms with E-state index in [0.29, 0.717) is 17.8 Å². The van der Waals surface area contributed by atoms with E-state index in [1.54, 1.807) is 0 Å². The monoisotopic (exact) mass is 292 g/mol. The summed E-state index contributed by atoms with van der Waals surface area (Å²) in [4.78, 5) is 12.6. The highest BCUT2D eigenvalue weighted by Gasteiger charge is 2.55. The van der Waals surface area contributed by atoms with Gasteiger partial charge in [-0.05, 0) is 67.6 Å². The Hall–Kier alpha value is -0.530. The van der Waals surface area contributed by atoms with Crippen LogP contribution in [-0.2, 0) is 9.53 Å². The summed E-state index contributed by atoms with van der Waals surface area (Å²) < 4.78 is 6.04. The molecule has 0 N–H and O–H groups in total. The van der Waals surface area contributed by atoms with Crippen molar-refractivity contribution >= 4 is 5.97 Å². The van der Waals surface area contributed by atoms with Gasteiger partial charge in [-0.25, -0.2) is 0 Å². The number of ether oxygens (including phenoxy) is 1. The van der Waals surface area contributed by atoms with Crippen LogP contribution in [0.15, 0.2) is 0 Å². The largest absolute Gasteiger partial charge is 0.462 e. The van der Waals surface area contributed by atoms with Crippen molar-refractivity contribution in [3.05, 3.63) is 0 Å². The van der Waals surface area contributed by atoms with E-state index in [2.05, 4.69) is 27.7 Å². The van der Waals surface area contributed by atoms with E-state index in [1.165, 1.54) is 25.7 Å². The highest BCUT2D eigenvalue weighted by atomic mass is 16.5. The van der Waals surface area contributed by atoms with Crippen LogP contribution in [0.4, 0.5) is 0 Å². The SMILES string of the molecule is CC(C)CC(C(=O)OC1CC2CC1C1CCCC21)C(C)C. The van der Waals surface area contributed by atoms with Crippen molar-refractivity contribution in [2.75, 3.05) is 0 Å². The number of carbonyl (C=O) groups excluding carboxylic acids is 1. The Labute approximate surface area is 130 Å². The molecule has 21 heavy (non-hydrogen) atoms. The fourth-order valence-electron chi connectivity index (χ4n) is 5.53. The van der Waals surface area contributed by atoms with E-state index in [4.69, 9.17) is 4.74 Å². The molecule has 3 rings (SSSR count). The van der Waals surface area contributed by atoms with Crippen LogP contribution in [0.25, 0.3) is 0 Å². The van der Waals surface area contributed by atoms with Gasteiger partial charge in [0, 0.05) is 0 Å². The average molecular weight is 292 g/mol. The third-order valence-electron chi connectivity index (χ3n) is 6.47. The fraction of sp³-hybridized carbons (Fsp3) is 0.947. The van der Waals surface area contributed by atoms with Gasteiger partial charge in [-0.2, -0.15) is 0 Å². The van der Waals surface area contributed by atoms with Crippen molar-refractivity contribution in [2.24, 2.45) is 41.4 Å². The lowest BCUT2D eigenvalue weighted by Gasteiger charge is -2.32. The molecule has 3 saturated carbocycles. The van der Waals surface area contributed by atoms with Crippen molar-refractivity contribution in [1.29, 1.82) is 0 Å². The van der Waals surface area contributed by atoms with Crippen molar-refractivity contribution in [2.45, 2.75) is 72.3 Å². The van der Waals surface area contributed by atoms with Crippen molar-refractivity contribution in [3.8, 4) is 0 Å². The minimum atomic E-state index is 0.0866. The first-order valence-electron chi connectivity index (χ1n) is 9.17. The number of esters is 1. The van der Waals surface area contributed by atoms with Crippen LogP contribution < -0.4 is 0 Å². The molecule has 3 aliphatic rings. The molecule has 120 valence electrons. The number of rotatable bonds is 5. The standard InChI is InChI=1S/C19H32O2/c1-11(2)8-16(12(3)4)19(20)21-18-10-13-9-17(18)15-7-5-6-14(13)15/h11-18H,5-10H2,1-4H3. The smallest absolute Gasteiger partial charge is 0.309 e. The van der Waals surface area contributed by atoms with Crippen molar-refractivity contribution in [1.82, 2.24) is 0 Å². The van der Waals surface area contributed by atoms with Crippen LogP contribution in [0.3, 0.4) is 0 Å². The number of hydrogen-bond acceptors (Lipinski definition) is 2. The van der Waals surface area contributed by atoms with Crippen molar-refractivity contribution < 1.29 is 9.53 Å². The van der Waals surface area contributed by atoms with Gasteiger partial charge in [0.25, 0.3) is 0 Å². The van der Waals surface area contributed by atoms with Gasteiger partial charge in [-0.1, -0.05) is 34.1 Å². The lowest BCUT2D eigenvalue weighted by atomic mass is 9.80. The lowest BCUT2D eigenvalue weighted by Crippen LogP contribution is -2.35. The summed E-state index contributed by atoms with van der Waals surface area (Å²) in [5, 5.41) is 0. The molecule has 6 atom stereocenters. The second-order valence-corrected chi connectivity index (χ2v) is 8.61. The first-order valence-corrected chi connectivity index (χ1v) is 9.17. The fourth-order valence-corrected chi connectivity index (χ4v) is 5.53. The third-order valence-corrected chi connectivity index (χ3v) is 6.47. The zero-order valence-electron chi connectivity index (χ0n) is 14.2. The van der Waals surface area contributed by atoms with Gasteiger partial charge in [0.05, 0.1) is 5.92 Å². The average Bonchev–Trinajstić information content (AvgIpc) is 3.06. The molecule has 2 heteroatoms. The van der Waals surface area contributed by atoms with Crippen molar-refractivity contribution in [3.63, 3.8) is 0 Å². The molecule has 0 aromatic heterocycles. The summed E-state index contributed by atoms with van der Waals surface area (Å²) in [6.45, 7) is 8.71. The predicted molar refractivity (Wildman–Crippen MR) is 84.7 cm³/mol. The Balaban J connectivity index is 1.60. The second kappa shape index (κ2) is 5.93.